The van der Waals surface area contributed by atoms with Crippen LogP contribution in [0.25, 0.3) is 0 Å². The molecule has 2 aromatic rings. The molecule has 1 amide bonds. The van der Waals surface area contributed by atoms with E-state index < -0.39 is 16.1 Å². The Morgan fingerprint density at radius 2 is 1.93 bits per heavy atom. The van der Waals surface area contributed by atoms with Crippen LogP contribution in [0.15, 0.2) is 47.6 Å². The smallest absolute Gasteiger partial charge is 0.240 e. The van der Waals surface area contributed by atoms with Crippen LogP contribution in [0.4, 0.5) is 5.69 Å². The first-order chi connectivity index (χ1) is 13.3. The second-order valence-corrected chi connectivity index (χ2v) is 8.41. The first-order valence-electron chi connectivity index (χ1n) is 8.66. The van der Waals surface area contributed by atoms with Crippen molar-refractivity contribution in [2.24, 2.45) is 5.10 Å². The molecule has 4 rings (SSSR count). The van der Waals surface area contributed by atoms with Crippen molar-refractivity contribution in [3.05, 3.63) is 53.6 Å². The summed E-state index contributed by atoms with van der Waals surface area (Å²) in [6.45, 7) is 1.61. The van der Waals surface area contributed by atoms with E-state index in [1.165, 1.54) is 11.9 Å². The maximum atomic E-state index is 12.2. The molecular weight excluding hydrogens is 382 g/mol. The molecule has 2 aliphatic heterocycles. The molecular formula is C19H19N3O5S. The monoisotopic (exact) mass is 401 g/mol. The molecule has 2 aliphatic rings. The largest absolute Gasteiger partial charge is 0.454 e. The van der Waals surface area contributed by atoms with Gasteiger partial charge >= 0.3 is 0 Å². The molecule has 146 valence electrons. The van der Waals surface area contributed by atoms with Gasteiger partial charge in [-0.25, -0.2) is 13.4 Å². The quantitative estimate of drug-likeness (QED) is 0.849. The predicted molar refractivity (Wildman–Crippen MR) is 104 cm³/mol. The molecule has 2 heterocycles. The molecule has 0 fully saturated rings. The summed E-state index contributed by atoms with van der Waals surface area (Å²) in [5, 5.41) is 5.90. The molecule has 8 nitrogen and oxygen atoms in total. The Morgan fingerprint density at radius 3 is 2.68 bits per heavy atom. The topological polar surface area (TPSA) is 97.3 Å². The van der Waals surface area contributed by atoms with Crippen molar-refractivity contribution < 1.29 is 22.7 Å². The highest BCUT2D eigenvalue weighted by Gasteiger charge is 2.33. The molecule has 2 aromatic carbocycles. The Labute approximate surface area is 162 Å². The first-order valence-corrected chi connectivity index (χ1v) is 10.5. The molecule has 0 saturated carbocycles. The first kappa shape index (κ1) is 18.3. The Balaban J connectivity index is 1.70. The maximum Gasteiger partial charge on any atom is 0.240 e. The Bertz CT molecular complexity index is 1080. The summed E-state index contributed by atoms with van der Waals surface area (Å²) >= 11 is 0. The molecule has 0 aliphatic carbocycles. The highest BCUT2D eigenvalue weighted by molar-refractivity contribution is 7.92. The van der Waals surface area contributed by atoms with Crippen molar-refractivity contribution in [3.8, 4) is 11.5 Å². The molecule has 0 unspecified atom stereocenters. The lowest BCUT2D eigenvalue weighted by molar-refractivity contribution is -0.130. The van der Waals surface area contributed by atoms with Crippen molar-refractivity contribution in [2.75, 3.05) is 17.8 Å². The fraction of sp³-hybridized carbons (Fsp3) is 0.263. The number of carbonyl (C=O) groups excluding carboxylic acids is 1. The highest BCUT2D eigenvalue weighted by atomic mass is 32.2. The summed E-state index contributed by atoms with van der Waals surface area (Å²) < 4.78 is 36.7. The summed E-state index contributed by atoms with van der Waals surface area (Å²) in [7, 11) is -3.46. The number of hydrogen-bond donors (Lipinski definition) is 1. The number of nitrogens with zero attached hydrogens (tertiary/aromatic N) is 2. The average molecular weight is 401 g/mol. The summed E-state index contributed by atoms with van der Waals surface area (Å²) in [5.74, 6) is 1.08. The molecule has 28 heavy (non-hydrogen) atoms. The zero-order valence-corrected chi connectivity index (χ0v) is 16.2. The van der Waals surface area contributed by atoms with E-state index in [0.717, 1.165) is 11.8 Å². The molecule has 0 radical (unpaired) electrons. The van der Waals surface area contributed by atoms with Gasteiger partial charge in [-0.05, 0) is 24.3 Å². The van der Waals surface area contributed by atoms with E-state index in [0.29, 0.717) is 34.9 Å². The van der Waals surface area contributed by atoms with Gasteiger partial charge in [-0.3, -0.25) is 9.52 Å². The van der Waals surface area contributed by atoms with Gasteiger partial charge in [0.15, 0.2) is 11.5 Å². The zero-order chi connectivity index (χ0) is 19.9. The number of benzene rings is 2. The second-order valence-electron chi connectivity index (χ2n) is 6.66. The van der Waals surface area contributed by atoms with E-state index >= 15 is 0 Å². The van der Waals surface area contributed by atoms with Crippen LogP contribution < -0.4 is 14.2 Å². The maximum absolute atomic E-state index is 12.2. The van der Waals surface area contributed by atoms with Crippen LogP contribution in [0.1, 0.15) is 30.5 Å². The lowest BCUT2D eigenvalue weighted by Gasteiger charge is -2.23. The van der Waals surface area contributed by atoms with Gasteiger partial charge in [0.05, 0.1) is 23.7 Å². The number of hydrogen-bond acceptors (Lipinski definition) is 6. The summed E-state index contributed by atoms with van der Waals surface area (Å²) in [6.07, 6.45) is 1.54. The van der Waals surface area contributed by atoms with Crippen LogP contribution in [0.3, 0.4) is 0 Å². The van der Waals surface area contributed by atoms with Crippen molar-refractivity contribution in [1.82, 2.24) is 5.01 Å². The Kier molecular flexibility index (Phi) is 4.46. The van der Waals surface area contributed by atoms with Crippen molar-refractivity contribution in [2.45, 2.75) is 19.4 Å². The molecule has 0 spiro atoms. The third kappa shape index (κ3) is 3.53. The van der Waals surface area contributed by atoms with E-state index in [1.54, 1.807) is 24.3 Å². The number of hydrazone groups is 1. The number of anilines is 1. The van der Waals surface area contributed by atoms with Gasteiger partial charge in [0.25, 0.3) is 0 Å². The number of ether oxygens (including phenoxy) is 2. The van der Waals surface area contributed by atoms with Crippen molar-refractivity contribution >= 4 is 27.3 Å². The van der Waals surface area contributed by atoms with E-state index in [2.05, 4.69) is 9.82 Å². The van der Waals surface area contributed by atoms with Gasteiger partial charge in [0, 0.05) is 24.5 Å². The Hall–Kier alpha value is -3.07. The highest BCUT2D eigenvalue weighted by Crippen LogP contribution is 2.39. The fourth-order valence-electron chi connectivity index (χ4n) is 3.37. The number of carbonyl (C=O) groups is 1. The number of fused-ring (bicyclic) bond motifs is 1. The predicted octanol–water partition coefficient (Wildman–Crippen LogP) is 2.48. The third-order valence-electron chi connectivity index (χ3n) is 4.55. The van der Waals surface area contributed by atoms with Crippen LogP contribution in [-0.2, 0) is 14.8 Å². The minimum absolute atomic E-state index is 0.179. The van der Waals surface area contributed by atoms with Gasteiger partial charge in [-0.2, -0.15) is 5.10 Å². The van der Waals surface area contributed by atoms with E-state index in [1.807, 2.05) is 18.2 Å². The lowest BCUT2D eigenvalue weighted by Crippen LogP contribution is -2.25. The van der Waals surface area contributed by atoms with Gasteiger partial charge in [-0.15, -0.1) is 0 Å². The number of nitrogens with one attached hydrogen (secondary N) is 1. The van der Waals surface area contributed by atoms with E-state index in [4.69, 9.17) is 9.47 Å². The van der Waals surface area contributed by atoms with Crippen LogP contribution >= 0.6 is 0 Å². The van der Waals surface area contributed by atoms with Gasteiger partial charge in [-0.1, -0.05) is 18.2 Å². The summed E-state index contributed by atoms with van der Waals surface area (Å²) in [5.41, 5.74) is 2.66. The third-order valence-corrected chi connectivity index (χ3v) is 5.14. The van der Waals surface area contributed by atoms with Crippen LogP contribution in [0.5, 0.6) is 11.5 Å². The Morgan fingerprint density at radius 1 is 1.18 bits per heavy atom. The zero-order valence-electron chi connectivity index (χ0n) is 15.4. The molecule has 0 saturated heterocycles. The molecule has 9 heteroatoms. The normalized spacial score (nSPS) is 18.1. The van der Waals surface area contributed by atoms with E-state index in [-0.39, 0.29) is 12.7 Å². The molecule has 0 bridgehead atoms. The number of amides is 1. The van der Waals surface area contributed by atoms with Crippen LogP contribution in [-0.4, -0.2) is 38.1 Å². The molecule has 1 N–H and O–H groups in total. The van der Waals surface area contributed by atoms with Crippen molar-refractivity contribution in [1.29, 1.82) is 0 Å². The number of para-hydroxylation sites is 1. The summed E-state index contributed by atoms with van der Waals surface area (Å²) in [4.78, 5) is 12.2. The van der Waals surface area contributed by atoms with Gasteiger partial charge < -0.3 is 9.47 Å². The van der Waals surface area contributed by atoms with Gasteiger partial charge in [0.1, 0.15) is 0 Å². The SMILES string of the molecule is CC(=O)N1N=C(c2ccc3c(c2)OCO3)C[C@@H]1c1ccccc1NS(C)(=O)=O. The van der Waals surface area contributed by atoms with Crippen molar-refractivity contribution in [3.63, 3.8) is 0 Å². The molecule has 1 atom stereocenters. The minimum Gasteiger partial charge on any atom is -0.454 e. The average Bonchev–Trinajstić information content (AvgIpc) is 3.27. The van der Waals surface area contributed by atoms with Crippen LogP contribution in [0, 0.1) is 0 Å². The summed E-state index contributed by atoms with van der Waals surface area (Å²) in [6, 6.07) is 12.1. The standard InChI is InChI=1S/C19H19N3O5S/c1-12(23)22-17(14-5-3-4-6-15(14)21-28(2,24)25)10-16(20-22)13-7-8-18-19(9-13)27-11-26-18/h3-9,17,21H,10-11H2,1-2H3/t17-/m1/s1. The fourth-order valence-corrected chi connectivity index (χ4v) is 3.96. The number of sulfonamides is 1. The minimum atomic E-state index is -3.46. The second kappa shape index (κ2) is 6.83. The van der Waals surface area contributed by atoms with Gasteiger partial charge in [0.2, 0.25) is 22.7 Å². The van der Waals surface area contributed by atoms with Crippen LogP contribution in [0.2, 0.25) is 0 Å². The number of rotatable bonds is 4. The van der Waals surface area contributed by atoms with E-state index in [9.17, 15) is 13.2 Å². The lowest BCUT2D eigenvalue weighted by atomic mass is 9.97. The molecule has 0 aromatic heterocycles.